The Labute approximate surface area is 160 Å². The molecule has 3 rings (SSSR count). The molecule has 27 heavy (non-hydrogen) atoms. The minimum atomic E-state index is -3.74. The number of aryl methyl sites for hydroxylation is 2. The first-order chi connectivity index (χ1) is 12.8. The molecule has 0 fully saturated rings. The van der Waals surface area contributed by atoms with Crippen molar-refractivity contribution in [3.63, 3.8) is 0 Å². The zero-order valence-corrected chi connectivity index (χ0v) is 16.4. The van der Waals surface area contributed by atoms with E-state index in [4.69, 9.17) is 11.6 Å². The van der Waals surface area contributed by atoms with Crippen molar-refractivity contribution in [1.82, 2.24) is 24.7 Å². The minimum absolute atomic E-state index is 0.00655. The SMILES string of the molecule is Cc1nn(C)c(Cl)c1S(=O)(=O)NCCCNc1n[nH]c(=O)c2ccccc12. The molecule has 11 heteroatoms. The van der Waals surface area contributed by atoms with Crippen LogP contribution >= 0.6 is 11.6 Å². The Morgan fingerprint density at radius 2 is 1.93 bits per heavy atom. The van der Waals surface area contributed by atoms with Crippen molar-refractivity contribution in [1.29, 1.82) is 0 Å². The first kappa shape index (κ1) is 19.3. The highest BCUT2D eigenvalue weighted by atomic mass is 35.5. The lowest BCUT2D eigenvalue weighted by Gasteiger charge is -2.09. The smallest absolute Gasteiger partial charge is 0.272 e. The number of rotatable bonds is 7. The van der Waals surface area contributed by atoms with E-state index in [2.05, 4.69) is 25.3 Å². The molecule has 3 aromatic rings. The van der Waals surface area contributed by atoms with Crippen molar-refractivity contribution in [3.8, 4) is 0 Å². The van der Waals surface area contributed by atoms with Crippen molar-refractivity contribution in [2.24, 2.45) is 7.05 Å². The average molecular weight is 411 g/mol. The molecule has 0 bridgehead atoms. The van der Waals surface area contributed by atoms with Crippen LogP contribution < -0.4 is 15.6 Å². The summed E-state index contributed by atoms with van der Waals surface area (Å²) in [6.07, 6.45) is 0.505. The van der Waals surface area contributed by atoms with Crippen LogP contribution in [0.25, 0.3) is 10.8 Å². The minimum Gasteiger partial charge on any atom is -0.368 e. The normalized spacial score (nSPS) is 11.8. The molecule has 144 valence electrons. The van der Waals surface area contributed by atoms with Gasteiger partial charge in [-0.3, -0.25) is 9.48 Å². The highest BCUT2D eigenvalue weighted by molar-refractivity contribution is 7.89. The lowest BCUT2D eigenvalue weighted by Crippen LogP contribution is -2.27. The van der Waals surface area contributed by atoms with Gasteiger partial charge in [-0.1, -0.05) is 29.8 Å². The summed E-state index contributed by atoms with van der Waals surface area (Å²) in [5.41, 5.74) is 0.0877. The molecule has 0 radical (unpaired) electrons. The van der Waals surface area contributed by atoms with E-state index in [9.17, 15) is 13.2 Å². The van der Waals surface area contributed by atoms with Crippen molar-refractivity contribution < 1.29 is 8.42 Å². The molecular weight excluding hydrogens is 392 g/mol. The van der Waals surface area contributed by atoms with Gasteiger partial charge in [0.15, 0.2) is 5.82 Å². The quantitative estimate of drug-likeness (QED) is 0.506. The van der Waals surface area contributed by atoms with Crippen LogP contribution in [0.15, 0.2) is 34.0 Å². The zero-order chi connectivity index (χ0) is 19.6. The summed E-state index contributed by atoms with van der Waals surface area (Å²) >= 11 is 6.02. The molecule has 2 aromatic heterocycles. The third-order valence-electron chi connectivity index (χ3n) is 4.00. The number of fused-ring (bicyclic) bond motifs is 1. The zero-order valence-electron chi connectivity index (χ0n) is 14.8. The molecule has 0 unspecified atom stereocenters. The number of aromatic amines is 1. The number of halogens is 1. The first-order valence-corrected chi connectivity index (χ1v) is 10.1. The third kappa shape index (κ3) is 3.97. The fraction of sp³-hybridized carbons (Fsp3) is 0.312. The summed E-state index contributed by atoms with van der Waals surface area (Å²) in [5.74, 6) is 0.541. The second-order valence-corrected chi connectivity index (χ2v) is 8.02. The molecule has 0 aliphatic heterocycles. The van der Waals surface area contributed by atoms with Crippen LogP contribution in [0.5, 0.6) is 0 Å². The highest BCUT2D eigenvalue weighted by Gasteiger charge is 2.24. The largest absolute Gasteiger partial charge is 0.368 e. The van der Waals surface area contributed by atoms with Gasteiger partial charge in [0.2, 0.25) is 10.0 Å². The van der Waals surface area contributed by atoms with Crippen LogP contribution in [0.1, 0.15) is 12.1 Å². The Morgan fingerprint density at radius 3 is 2.59 bits per heavy atom. The molecule has 0 saturated heterocycles. The van der Waals surface area contributed by atoms with Gasteiger partial charge in [-0.05, 0) is 19.4 Å². The van der Waals surface area contributed by atoms with Crippen LogP contribution in [-0.2, 0) is 17.1 Å². The molecule has 1 aromatic carbocycles. The van der Waals surface area contributed by atoms with E-state index in [0.29, 0.717) is 35.2 Å². The molecule has 0 atom stereocenters. The van der Waals surface area contributed by atoms with Crippen LogP contribution in [0, 0.1) is 6.92 Å². The lowest BCUT2D eigenvalue weighted by atomic mass is 10.2. The molecule has 0 aliphatic rings. The van der Waals surface area contributed by atoms with E-state index < -0.39 is 10.0 Å². The van der Waals surface area contributed by atoms with E-state index in [1.54, 1.807) is 32.2 Å². The van der Waals surface area contributed by atoms with Gasteiger partial charge in [-0.25, -0.2) is 18.2 Å². The van der Waals surface area contributed by atoms with Gasteiger partial charge >= 0.3 is 0 Å². The third-order valence-corrected chi connectivity index (χ3v) is 6.16. The molecule has 0 saturated carbocycles. The van der Waals surface area contributed by atoms with Gasteiger partial charge in [0.25, 0.3) is 5.56 Å². The first-order valence-electron chi connectivity index (χ1n) is 8.21. The summed E-state index contributed by atoms with van der Waals surface area (Å²) in [7, 11) is -2.16. The lowest BCUT2D eigenvalue weighted by molar-refractivity contribution is 0.579. The van der Waals surface area contributed by atoms with Gasteiger partial charge in [-0.15, -0.1) is 0 Å². The van der Waals surface area contributed by atoms with E-state index in [-0.39, 0.29) is 22.2 Å². The molecule has 2 heterocycles. The number of hydrogen-bond donors (Lipinski definition) is 3. The van der Waals surface area contributed by atoms with Crippen molar-refractivity contribution in [2.45, 2.75) is 18.2 Å². The maximum atomic E-state index is 12.4. The maximum absolute atomic E-state index is 12.4. The van der Waals surface area contributed by atoms with E-state index in [1.807, 2.05) is 6.07 Å². The molecule has 3 N–H and O–H groups in total. The van der Waals surface area contributed by atoms with Crippen molar-refractivity contribution in [2.75, 3.05) is 18.4 Å². The number of anilines is 1. The molecule has 0 aliphatic carbocycles. The van der Waals surface area contributed by atoms with Crippen molar-refractivity contribution >= 4 is 38.2 Å². The Balaban J connectivity index is 1.60. The predicted molar refractivity (Wildman–Crippen MR) is 104 cm³/mol. The summed E-state index contributed by atoms with van der Waals surface area (Å²) in [6.45, 7) is 2.27. The second kappa shape index (κ2) is 7.67. The fourth-order valence-corrected chi connectivity index (χ4v) is 4.56. The maximum Gasteiger partial charge on any atom is 0.272 e. The van der Waals surface area contributed by atoms with Crippen LogP contribution in [0.4, 0.5) is 5.82 Å². The Morgan fingerprint density at radius 1 is 1.22 bits per heavy atom. The fourth-order valence-electron chi connectivity index (χ4n) is 2.74. The number of H-pyrrole nitrogens is 1. The predicted octanol–water partition coefficient (Wildman–Crippen LogP) is 1.40. The summed E-state index contributed by atoms with van der Waals surface area (Å²) in [5, 5.41) is 14.9. The number of aromatic nitrogens is 4. The number of nitrogens with one attached hydrogen (secondary N) is 3. The number of hydrogen-bond acceptors (Lipinski definition) is 6. The Kier molecular flexibility index (Phi) is 5.49. The molecular formula is C16H19ClN6O3S. The molecule has 0 spiro atoms. The van der Waals surface area contributed by atoms with Crippen LogP contribution in [-0.4, -0.2) is 41.5 Å². The standard InChI is InChI=1S/C16H19ClN6O3S/c1-10-13(14(17)23(2)22-10)27(25,26)19-9-5-8-18-15-11-6-3-4-7-12(11)16(24)21-20-15/h3-4,6-7,19H,5,8-9H2,1-2H3,(H,18,20)(H,21,24). The van der Waals surface area contributed by atoms with Crippen LogP contribution in [0.3, 0.4) is 0 Å². The van der Waals surface area contributed by atoms with E-state index >= 15 is 0 Å². The van der Waals surface area contributed by atoms with Gasteiger partial charge in [0.05, 0.1) is 11.1 Å². The van der Waals surface area contributed by atoms with Gasteiger partial charge in [-0.2, -0.15) is 10.2 Å². The monoisotopic (exact) mass is 410 g/mol. The summed E-state index contributed by atoms with van der Waals surface area (Å²) in [6, 6.07) is 7.12. The molecule has 9 nitrogen and oxygen atoms in total. The number of benzene rings is 1. The average Bonchev–Trinajstić information content (AvgIpc) is 2.89. The van der Waals surface area contributed by atoms with E-state index in [0.717, 1.165) is 0 Å². The van der Waals surface area contributed by atoms with E-state index in [1.165, 1.54) is 4.68 Å². The topological polar surface area (TPSA) is 122 Å². The number of sulfonamides is 1. The summed E-state index contributed by atoms with van der Waals surface area (Å²) < 4.78 is 28.7. The Hall–Kier alpha value is -2.43. The van der Waals surface area contributed by atoms with Gasteiger partial charge < -0.3 is 5.32 Å². The summed E-state index contributed by atoms with van der Waals surface area (Å²) in [4.78, 5) is 11.8. The van der Waals surface area contributed by atoms with Crippen molar-refractivity contribution in [3.05, 3.63) is 45.5 Å². The van der Waals surface area contributed by atoms with Crippen LogP contribution in [0.2, 0.25) is 5.15 Å². The Bertz CT molecular complexity index is 1140. The second-order valence-electron chi connectivity index (χ2n) is 5.95. The number of nitrogens with zero attached hydrogens (tertiary/aromatic N) is 3. The van der Waals surface area contributed by atoms with Gasteiger partial charge in [0.1, 0.15) is 10.0 Å². The van der Waals surface area contributed by atoms with Gasteiger partial charge in [0, 0.05) is 25.5 Å². The highest BCUT2D eigenvalue weighted by Crippen LogP contribution is 2.23. The molecule has 0 amide bonds.